The number of carbonyl (C=O) groups excluding carboxylic acids is 2. The highest BCUT2D eigenvalue weighted by Crippen LogP contribution is 2.10. The van der Waals surface area contributed by atoms with Gasteiger partial charge in [0.05, 0.1) is 0 Å². The van der Waals surface area contributed by atoms with Crippen LogP contribution in [0.25, 0.3) is 0 Å². The van der Waals surface area contributed by atoms with Gasteiger partial charge < -0.3 is 10.2 Å². The molecule has 0 saturated carbocycles. The molecule has 1 heterocycles. The van der Waals surface area contributed by atoms with E-state index in [9.17, 15) is 9.59 Å². The van der Waals surface area contributed by atoms with E-state index in [1.165, 1.54) is 6.92 Å². The quantitative estimate of drug-likeness (QED) is 0.696. The first kappa shape index (κ1) is 11.3. The Hall–Kier alpha value is -0.770. The molecule has 0 spiro atoms. The molecular weight excluding hydrogens is 204 g/mol. The maximum Gasteiger partial charge on any atom is 0.223 e. The molecular formula is C9H15ClN2O2. The molecule has 0 aromatic rings. The van der Waals surface area contributed by atoms with Crippen LogP contribution < -0.4 is 5.32 Å². The van der Waals surface area contributed by atoms with Gasteiger partial charge in [0, 0.05) is 38.4 Å². The van der Waals surface area contributed by atoms with Crippen LogP contribution in [0.1, 0.15) is 19.8 Å². The summed E-state index contributed by atoms with van der Waals surface area (Å²) < 4.78 is 0. The Balaban J connectivity index is 2.33. The Morgan fingerprint density at radius 2 is 2.29 bits per heavy atom. The van der Waals surface area contributed by atoms with Crippen LogP contribution in [0.15, 0.2) is 0 Å². The minimum Gasteiger partial charge on any atom is -0.352 e. The average Bonchev–Trinajstić information content (AvgIpc) is 2.52. The molecule has 0 bridgehead atoms. The Bertz CT molecular complexity index is 233. The fourth-order valence-corrected chi connectivity index (χ4v) is 1.79. The summed E-state index contributed by atoms with van der Waals surface area (Å²) in [5.74, 6) is 0.398. The number of carbonyl (C=O) groups is 2. The number of hydrogen-bond acceptors (Lipinski definition) is 2. The molecule has 1 aliphatic heterocycles. The zero-order valence-electron chi connectivity index (χ0n) is 8.25. The molecule has 14 heavy (non-hydrogen) atoms. The van der Waals surface area contributed by atoms with Crippen LogP contribution in [0, 0.1) is 0 Å². The summed E-state index contributed by atoms with van der Waals surface area (Å²) in [6, 6.07) is 0.117. The van der Waals surface area contributed by atoms with E-state index < -0.39 is 0 Å². The molecule has 4 nitrogen and oxygen atoms in total. The number of halogens is 1. The molecule has 5 heteroatoms. The number of likely N-dealkylation sites (tertiary alicyclic amines) is 1. The monoisotopic (exact) mass is 218 g/mol. The molecule has 0 aromatic carbocycles. The summed E-state index contributed by atoms with van der Waals surface area (Å²) in [6.45, 7) is 2.83. The third-order valence-electron chi connectivity index (χ3n) is 2.26. The Kier molecular flexibility index (Phi) is 4.20. The first-order chi connectivity index (χ1) is 6.63. The Morgan fingerprint density at radius 1 is 1.57 bits per heavy atom. The molecule has 1 saturated heterocycles. The van der Waals surface area contributed by atoms with Gasteiger partial charge in [0.2, 0.25) is 11.8 Å². The first-order valence-corrected chi connectivity index (χ1v) is 5.27. The lowest BCUT2D eigenvalue weighted by Gasteiger charge is -2.15. The lowest BCUT2D eigenvalue weighted by atomic mass is 10.2. The van der Waals surface area contributed by atoms with Gasteiger partial charge in [-0.3, -0.25) is 9.59 Å². The molecule has 0 aliphatic carbocycles. The number of nitrogens with one attached hydrogen (secondary N) is 1. The van der Waals surface area contributed by atoms with Gasteiger partial charge in [0.25, 0.3) is 0 Å². The number of hydrogen-bond donors (Lipinski definition) is 1. The van der Waals surface area contributed by atoms with Crippen molar-refractivity contribution in [1.82, 2.24) is 10.2 Å². The minimum atomic E-state index is -0.0401. The average molecular weight is 219 g/mol. The zero-order valence-corrected chi connectivity index (χ0v) is 9.01. The molecule has 2 amide bonds. The topological polar surface area (TPSA) is 49.4 Å². The number of rotatable bonds is 3. The van der Waals surface area contributed by atoms with Crippen molar-refractivity contribution in [3.63, 3.8) is 0 Å². The molecule has 1 fully saturated rings. The van der Waals surface area contributed by atoms with Crippen molar-refractivity contribution in [2.75, 3.05) is 19.0 Å². The summed E-state index contributed by atoms with van der Waals surface area (Å²) >= 11 is 5.48. The van der Waals surface area contributed by atoms with Gasteiger partial charge in [-0.25, -0.2) is 0 Å². The fourth-order valence-electron chi connectivity index (χ4n) is 1.63. The summed E-state index contributed by atoms with van der Waals surface area (Å²) in [6.07, 6.45) is 1.22. The van der Waals surface area contributed by atoms with E-state index in [4.69, 9.17) is 11.6 Å². The Labute approximate surface area is 88.6 Å². The van der Waals surface area contributed by atoms with E-state index in [0.717, 1.165) is 13.0 Å². The molecule has 0 aromatic heterocycles. The number of nitrogens with zero attached hydrogens (tertiary/aromatic N) is 1. The number of amides is 2. The predicted octanol–water partition coefficient (Wildman–Crippen LogP) is 0.352. The number of alkyl halides is 1. The van der Waals surface area contributed by atoms with Gasteiger partial charge in [-0.15, -0.1) is 11.6 Å². The summed E-state index contributed by atoms with van der Waals surface area (Å²) in [7, 11) is 0. The highest BCUT2D eigenvalue weighted by Gasteiger charge is 2.25. The van der Waals surface area contributed by atoms with E-state index in [0.29, 0.717) is 18.8 Å². The van der Waals surface area contributed by atoms with Crippen LogP contribution in [-0.4, -0.2) is 41.7 Å². The minimum absolute atomic E-state index is 0.0401. The van der Waals surface area contributed by atoms with Crippen LogP contribution in [0.5, 0.6) is 0 Å². The third kappa shape index (κ3) is 3.18. The highest BCUT2D eigenvalue weighted by atomic mass is 35.5. The van der Waals surface area contributed by atoms with E-state index in [-0.39, 0.29) is 17.9 Å². The van der Waals surface area contributed by atoms with E-state index >= 15 is 0 Å². The molecule has 80 valence electrons. The van der Waals surface area contributed by atoms with Crippen LogP contribution in [0.3, 0.4) is 0 Å². The van der Waals surface area contributed by atoms with Gasteiger partial charge in [-0.2, -0.15) is 0 Å². The van der Waals surface area contributed by atoms with Gasteiger partial charge in [-0.05, 0) is 6.42 Å². The highest BCUT2D eigenvalue weighted by molar-refractivity contribution is 6.18. The standard InChI is InChI=1S/C9H15ClN2O2/c1-7(13)11-8-3-5-12(6-8)9(14)2-4-10/h8H,2-6H2,1H3,(H,11,13). The molecule has 0 radical (unpaired) electrons. The molecule has 1 aliphatic rings. The first-order valence-electron chi connectivity index (χ1n) is 4.74. The van der Waals surface area contributed by atoms with Crippen molar-refractivity contribution in [3.05, 3.63) is 0 Å². The van der Waals surface area contributed by atoms with Crippen molar-refractivity contribution in [3.8, 4) is 0 Å². The molecule has 1 atom stereocenters. The predicted molar refractivity (Wildman–Crippen MR) is 54.1 cm³/mol. The molecule has 1 rings (SSSR count). The normalized spacial score (nSPS) is 21.0. The second-order valence-corrected chi connectivity index (χ2v) is 3.84. The van der Waals surface area contributed by atoms with Crippen LogP contribution in [-0.2, 0) is 9.59 Å². The smallest absolute Gasteiger partial charge is 0.223 e. The van der Waals surface area contributed by atoms with Crippen molar-refractivity contribution in [1.29, 1.82) is 0 Å². The van der Waals surface area contributed by atoms with Crippen molar-refractivity contribution in [2.45, 2.75) is 25.8 Å². The fraction of sp³-hybridized carbons (Fsp3) is 0.778. The molecule has 1 unspecified atom stereocenters. The SMILES string of the molecule is CC(=O)NC1CCN(C(=O)CCCl)C1. The lowest BCUT2D eigenvalue weighted by molar-refractivity contribution is -0.130. The Morgan fingerprint density at radius 3 is 2.86 bits per heavy atom. The second kappa shape index (κ2) is 5.20. The van der Waals surface area contributed by atoms with Crippen LogP contribution in [0.4, 0.5) is 0 Å². The van der Waals surface area contributed by atoms with Crippen molar-refractivity contribution in [2.24, 2.45) is 0 Å². The largest absolute Gasteiger partial charge is 0.352 e. The van der Waals surface area contributed by atoms with Gasteiger partial charge in [0.15, 0.2) is 0 Å². The zero-order chi connectivity index (χ0) is 10.6. The van der Waals surface area contributed by atoms with Crippen LogP contribution >= 0.6 is 11.6 Å². The van der Waals surface area contributed by atoms with Crippen LogP contribution in [0.2, 0.25) is 0 Å². The molecule has 1 N–H and O–H groups in total. The van der Waals surface area contributed by atoms with E-state index in [1.54, 1.807) is 4.90 Å². The second-order valence-electron chi connectivity index (χ2n) is 3.46. The summed E-state index contributed by atoms with van der Waals surface area (Å²) in [5.41, 5.74) is 0. The summed E-state index contributed by atoms with van der Waals surface area (Å²) in [4.78, 5) is 23.9. The van der Waals surface area contributed by atoms with Crippen molar-refractivity contribution >= 4 is 23.4 Å². The maximum absolute atomic E-state index is 11.4. The van der Waals surface area contributed by atoms with Gasteiger partial charge >= 0.3 is 0 Å². The van der Waals surface area contributed by atoms with Gasteiger partial charge in [0.1, 0.15) is 0 Å². The lowest BCUT2D eigenvalue weighted by Crippen LogP contribution is -2.37. The van der Waals surface area contributed by atoms with Gasteiger partial charge in [-0.1, -0.05) is 0 Å². The van der Waals surface area contributed by atoms with Crippen molar-refractivity contribution < 1.29 is 9.59 Å². The third-order valence-corrected chi connectivity index (χ3v) is 2.45. The maximum atomic E-state index is 11.4. The van der Waals surface area contributed by atoms with E-state index in [2.05, 4.69) is 5.32 Å². The van der Waals surface area contributed by atoms with E-state index in [1.807, 2.05) is 0 Å². The summed E-state index contributed by atoms with van der Waals surface area (Å²) in [5, 5.41) is 2.80.